The van der Waals surface area contributed by atoms with Crippen LogP contribution in [0.3, 0.4) is 0 Å². The van der Waals surface area contributed by atoms with Gasteiger partial charge in [-0.25, -0.2) is 8.42 Å². The Morgan fingerprint density at radius 2 is 2.00 bits per heavy atom. The Morgan fingerprint density at radius 3 is 2.67 bits per heavy atom. The third kappa shape index (κ3) is 4.56. The second-order valence-electron chi connectivity index (χ2n) is 6.89. The van der Waals surface area contributed by atoms with Crippen molar-refractivity contribution in [1.29, 1.82) is 0 Å². The molecule has 3 rings (SSSR count). The molecule has 0 bridgehead atoms. The number of anilines is 1. The van der Waals surface area contributed by atoms with Crippen molar-refractivity contribution < 1.29 is 35.9 Å². The Labute approximate surface area is 173 Å². The maximum Gasteiger partial charge on any atom is 0.416 e. The predicted molar refractivity (Wildman–Crippen MR) is 106 cm³/mol. The largest absolute Gasteiger partial charge is 0.486 e. The monoisotopic (exact) mass is 441 g/mol. The van der Waals surface area contributed by atoms with Crippen LogP contribution in [-0.2, 0) is 25.7 Å². The van der Waals surface area contributed by atoms with E-state index in [1.165, 1.54) is 7.11 Å². The number of benzene rings is 2. The molecule has 0 spiro atoms. The number of fused-ring (bicyclic) bond motifs is 1. The third-order valence-corrected chi connectivity index (χ3v) is 6.47. The molecule has 1 heterocycles. The van der Waals surface area contributed by atoms with E-state index in [9.17, 15) is 26.4 Å². The van der Waals surface area contributed by atoms with Gasteiger partial charge in [-0.15, -0.1) is 0 Å². The second-order valence-corrected chi connectivity index (χ2v) is 8.75. The van der Waals surface area contributed by atoms with Gasteiger partial charge in [0.25, 0.3) is 10.0 Å². The van der Waals surface area contributed by atoms with E-state index in [2.05, 4.69) is 4.74 Å². The molecule has 1 atom stereocenters. The van der Waals surface area contributed by atoms with Crippen LogP contribution in [0.1, 0.15) is 18.4 Å². The first-order valence-corrected chi connectivity index (χ1v) is 10.5. The summed E-state index contributed by atoms with van der Waals surface area (Å²) < 4.78 is 77.3. The number of alkyl halides is 3. The number of methoxy groups -OCH3 is 1. The van der Waals surface area contributed by atoms with Gasteiger partial charge in [0.1, 0.15) is 19.7 Å². The molecule has 0 aromatic heterocycles. The van der Waals surface area contributed by atoms with Gasteiger partial charge in [-0.05, 0) is 36.8 Å². The summed E-state index contributed by atoms with van der Waals surface area (Å²) >= 11 is 0. The summed E-state index contributed by atoms with van der Waals surface area (Å²) in [6.07, 6.45) is -5.14. The number of ether oxygens (including phenoxy) is 2. The van der Waals surface area contributed by atoms with E-state index in [0.29, 0.717) is 6.07 Å². The maximum absolute atomic E-state index is 13.3. The molecule has 0 N–H and O–H groups in total. The number of nitrogens with zero attached hydrogens (tertiary/aromatic N) is 1. The maximum atomic E-state index is 13.3. The Morgan fingerprint density at radius 1 is 1.27 bits per heavy atom. The zero-order chi connectivity index (χ0) is 22.1. The van der Waals surface area contributed by atoms with Crippen LogP contribution in [0.5, 0.6) is 5.75 Å². The van der Waals surface area contributed by atoms with E-state index in [-0.39, 0.29) is 30.8 Å². The topological polar surface area (TPSA) is 72.9 Å². The summed E-state index contributed by atoms with van der Waals surface area (Å²) in [5, 5.41) is 0. The van der Waals surface area contributed by atoms with Gasteiger partial charge in [-0.1, -0.05) is 17.6 Å². The minimum Gasteiger partial charge on any atom is -0.486 e. The van der Waals surface area contributed by atoms with Crippen LogP contribution < -0.4 is 14.5 Å². The fourth-order valence-corrected chi connectivity index (χ4v) is 4.69. The minimum absolute atomic E-state index is 0.0137. The molecular weight excluding hydrogens is 422 g/mol. The van der Waals surface area contributed by atoms with Crippen LogP contribution in [0.25, 0.3) is 0 Å². The van der Waals surface area contributed by atoms with E-state index in [0.717, 1.165) is 28.0 Å². The van der Waals surface area contributed by atoms with Crippen molar-refractivity contribution in [1.82, 2.24) is 0 Å². The van der Waals surface area contributed by atoms with Crippen LogP contribution >= 0.6 is 0 Å². The van der Waals surface area contributed by atoms with Gasteiger partial charge in [-0.2, -0.15) is 13.2 Å². The third-order valence-electron chi connectivity index (χ3n) is 4.69. The molecule has 0 saturated heterocycles. The average Bonchev–Trinajstić information content (AvgIpc) is 2.70. The molecule has 2 aromatic rings. The highest BCUT2D eigenvalue weighted by atomic mass is 32.2. The molecule has 0 amide bonds. The molecule has 0 aliphatic carbocycles. The van der Waals surface area contributed by atoms with Gasteiger partial charge in [0.05, 0.1) is 29.8 Å². The molecule has 160 valence electrons. The molecule has 0 saturated carbocycles. The molecule has 0 fully saturated rings. The van der Waals surface area contributed by atoms with Gasteiger partial charge < -0.3 is 9.47 Å². The Bertz CT molecular complexity index is 1060. The summed E-state index contributed by atoms with van der Waals surface area (Å²) in [5.74, 6) is -0.196. The number of sulfonamides is 1. The second kappa shape index (κ2) is 8.21. The minimum atomic E-state index is -4.67. The Kier molecular flexibility index (Phi) is 6.03. The molecule has 0 radical (unpaired) electrons. The number of halogens is 3. The van der Waals surface area contributed by atoms with Gasteiger partial charge in [0.2, 0.25) is 0 Å². The van der Waals surface area contributed by atoms with Crippen molar-refractivity contribution in [2.75, 3.05) is 18.0 Å². The first kappa shape index (κ1) is 22.0. The number of carbonyl (C=O) groups excluding carboxylic acids is 1. The normalized spacial score (nSPS) is 16.5. The van der Waals surface area contributed by atoms with E-state index in [4.69, 9.17) is 4.74 Å². The molecule has 30 heavy (non-hydrogen) atoms. The lowest BCUT2D eigenvalue weighted by molar-refractivity contribution is -0.141. The zero-order valence-corrected chi connectivity index (χ0v) is 17.1. The summed E-state index contributed by atoms with van der Waals surface area (Å²) in [6, 6.07) is 8.54. The first-order chi connectivity index (χ1) is 14.0. The van der Waals surface area contributed by atoms with Crippen LogP contribution in [0.2, 0.25) is 0 Å². The molecular formula is C19H19BF3NO5S. The predicted octanol–water partition coefficient (Wildman–Crippen LogP) is 1.87. The van der Waals surface area contributed by atoms with E-state index in [1.54, 1.807) is 26.0 Å². The smallest absolute Gasteiger partial charge is 0.416 e. The van der Waals surface area contributed by atoms with Crippen LogP contribution in [0, 0.1) is 0 Å². The highest BCUT2D eigenvalue weighted by molar-refractivity contribution is 7.92. The number of hydrogen-bond acceptors (Lipinski definition) is 5. The van der Waals surface area contributed by atoms with Crippen molar-refractivity contribution in [3.8, 4) is 5.75 Å². The van der Waals surface area contributed by atoms with Crippen molar-refractivity contribution in [2.45, 2.75) is 30.0 Å². The van der Waals surface area contributed by atoms with E-state index >= 15 is 0 Å². The Balaban J connectivity index is 2.01. The van der Waals surface area contributed by atoms with Crippen LogP contribution in [-0.4, -0.2) is 42.0 Å². The summed E-state index contributed by atoms with van der Waals surface area (Å²) in [5.41, 5.74) is -0.0557. The zero-order valence-electron chi connectivity index (χ0n) is 16.3. The van der Waals surface area contributed by atoms with Crippen molar-refractivity contribution >= 4 is 35.0 Å². The average molecular weight is 441 g/mol. The van der Waals surface area contributed by atoms with Gasteiger partial charge in [-0.3, -0.25) is 9.10 Å². The first-order valence-electron chi connectivity index (χ1n) is 9.06. The summed E-state index contributed by atoms with van der Waals surface area (Å²) in [7, 11) is -1.31. The molecule has 6 nitrogen and oxygen atoms in total. The lowest BCUT2D eigenvalue weighted by Crippen LogP contribution is -2.44. The molecule has 1 aliphatic heterocycles. The van der Waals surface area contributed by atoms with Crippen LogP contribution in [0.4, 0.5) is 18.9 Å². The fourth-order valence-electron chi connectivity index (χ4n) is 3.14. The molecule has 1 aliphatic rings. The van der Waals surface area contributed by atoms with Crippen molar-refractivity contribution in [2.24, 2.45) is 0 Å². The van der Waals surface area contributed by atoms with Crippen molar-refractivity contribution in [3.05, 3.63) is 48.0 Å². The highest BCUT2D eigenvalue weighted by Crippen LogP contribution is 2.38. The van der Waals surface area contributed by atoms with E-state index < -0.39 is 38.7 Å². The Hall–Kier alpha value is -2.69. The molecule has 2 aromatic carbocycles. The van der Waals surface area contributed by atoms with Crippen LogP contribution in [0.15, 0.2) is 47.4 Å². The van der Waals surface area contributed by atoms with Crippen molar-refractivity contribution in [3.63, 3.8) is 0 Å². The SMILES string of the molecule is Bc1ccc2c(c1)N(S(=O)(=O)c1cccc(C(F)(F)F)c1)C[C@H](CCC(=O)OC)O2. The standard InChI is InChI=1S/C19H19BF3NO5S/c1-28-18(25)8-6-14-11-24(16-10-13(20)5-7-17(16)29-14)30(26,27)15-4-2-3-12(9-15)19(21,22)23/h2-5,7,9-10,14H,6,8,11,20H2,1H3/t14-/m0/s1. The number of hydrogen-bond donors (Lipinski definition) is 0. The lowest BCUT2D eigenvalue weighted by atomic mass is 9.95. The lowest BCUT2D eigenvalue weighted by Gasteiger charge is -2.35. The molecule has 0 unspecified atom stereocenters. The quantitative estimate of drug-likeness (QED) is 0.524. The van der Waals surface area contributed by atoms with Gasteiger partial charge in [0.15, 0.2) is 0 Å². The molecule has 11 heteroatoms. The summed E-state index contributed by atoms with van der Waals surface area (Å²) in [4.78, 5) is 11.0. The van der Waals surface area contributed by atoms with Gasteiger partial charge >= 0.3 is 12.1 Å². The number of rotatable bonds is 5. The van der Waals surface area contributed by atoms with E-state index in [1.807, 2.05) is 0 Å². The fraction of sp³-hybridized carbons (Fsp3) is 0.316. The number of carbonyl (C=O) groups is 1. The summed E-state index contributed by atoms with van der Waals surface area (Å²) in [6.45, 7) is -0.147. The number of esters is 1. The van der Waals surface area contributed by atoms with Gasteiger partial charge in [0, 0.05) is 6.42 Å². The highest BCUT2D eigenvalue weighted by Gasteiger charge is 2.37.